The largest absolute Gasteiger partial charge is 0.494 e. The minimum Gasteiger partial charge on any atom is -0.494 e. The van der Waals surface area contributed by atoms with Crippen molar-refractivity contribution in [3.63, 3.8) is 0 Å². The van der Waals surface area contributed by atoms with Crippen molar-refractivity contribution in [1.82, 2.24) is 0 Å². The summed E-state index contributed by atoms with van der Waals surface area (Å²) in [5.74, 6) is 3.73. The van der Waals surface area contributed by atoms with Crippen LogP contribution in [-0.2, 0) is 0 Å². The highest BCUT2D eigenvalue weighted by atomic mass is 32.1. The summed E-state index contributed by atoms with van der Waals surface area (Å²) in [5.41, 5.74) is 9.75. The number of hydrogen-bond donors (Lipinski definition) is 0. The Hall–Kier alpha value is -6.42. The van der Waals surface area contributed by atoms with Crippen molar-refractivity contribution in [1.29, 1.82) is 0 Å². The number of unbranched alkanes of at least 4 members (excludes halogenated alkanes) is 12. The maximum Gasteiger partial charge on any atom is 0.119 e. The lowest BCUT2D eigenvalue weighted by Crippen LogP contribution is -1.96. The Morgan fingerprint density at radius 1 is 0.232 bits per heavy atom. The van der Waals surface area contributed by atoms with Gasteiger partial charge in [-0.05, 0) is 229 Å². The van der Waals surface area contributed by atoms with Gasteiger partial charge in [0.1, 0.15) is 23.0 Å². The van der Waals surface area contributed by atoms with Crippen LogP contribution in [0.1, 0.15) is 130 Å². The Morgan fingerprint density at radius 3 is 0.646 bits per heavy atom. The normalized spacial score (nSPS) is 11.4. The number of rotatable bonds is 32. The van der Waals surface area contributed by atoms with Crippen LogP contribution in [0.4, 0.5) is 0 Å². The number of fused-ring (bicyclic) bond motifs is 1. The van der Waals surface area contributed by atoms with Crippen LogP contribution in [0.25, 0.3) is 94.3 Å². The van der Waals surface area contributed by atoms with E-state index in [0.29, 0.717) is 0 Å². The van der Waals surface area contributed by atoms with Gasteiger partial charge in [0, 0.05) is 61.3 Å². The van der Waals surface area contributed by atoms with E-state index in [1.807, 2.05) is 45.3 Å². The predicted molar refractivity (Wildman–Crippen MR) is 357 cm³/mol. The molecule has 4 nitrogen and oxygen atoms in total. The minimum atomic E-state index is 0.759. The van der Waals surface area contributed by atoms with E-state index >= 15 is 0 Å². The lowest BCUT2D eigenvalue weighted by Gasteiger charge is -2.14. The van der Waals surface area contributed by atoms with Crippen molar-refractivity contribution in [2.45, 2.75) is 130 Å². The average Bonchev–Trinajstić information content (AvgIpc) is 4.46. The zero-order valence-electron chi connectivity index (χ0n) is 48.6. The molecule has 4 aromatic heterocycles. The van der Waals surface area contributed by atoms with Crippen molar-refractivity contribution < 1.29 is 18.9 Å². The summed E-state index contributed by atoms with van der Waals surface area (Å²) in [4.78, 5) is 9.92. The molecular formula is C74H80O4S4. The predicted octanol–water partition coefficient (Wildman–Crippen LogP) is 24.3. The second kappa shape index (κ2) is 30.2. The van der Waals surface area contributed by atoms with E-state index in [0.717, 1.165) is 75.1 Å². The molecular weight excluding hydrogens is 1080 g/mol. The van der Waals surface area contributed by atoms with Crippen LogP contribution >= 0.6 is 45.3 Å². The Balaban J connectivity index is 1.02. The van der Waals surface area contributed by atoms with Gasteiger partial charge in [-0.2, -0.15) is 0 Å². The van der Waals surface area contributed by atoms with Gasteiger partial charge in [0.15, 0.2) is 0 Å². The van der Waals surface area contributed by atoms with Crippen molar-refractivity contribution in [3.8, 4) is 107 Å². The lowest BCUT2D eigenvalue weighted by atomic mass is 9.94. The summed E-state index contributed by atoms with van der Waals surface area (Å²) in [5, 5.41) is 2.43. The third kappa shape index (κ3) is 15.6. The molecule has 82 heavy (non-hydrogen) atoms. The monoisotopic (exact) mass is 1160 g/mol. The molecule has 10 aromatic rings. The van der Waals surface area contributed by atoms with E-state index in [4.69, 9.17) is 18.9 Å². The molecule has 0 saturated carbocycles. The van der Waals surface area contributed by atoms with Crippen LogP contribution in [-0.4, -0.2) is 26.4 Å². The second-order valence-corrected chi connectivity index (χ2v) is 25.9. The van der Waals surface area contributed by atoms with Crippen LogP contribution in [0.5, 0.6) is 23.0 Å². The van der Waals surface area contributed by atoms with Crippen LogP contribution in [0.3, 0.4) is 0 Å². The zero-order valence-corrected chi connectivity index (χ0v) is 51.8. The first-order chi connectivity index (χ1) is 40.5. The van der Waals surface area contributed by atoms with Crippen LogP contribution < -0.4 is 18.9 Å². The third-order valence-corrected chi connectivity index (χ3v) is 19.9. The van der Waals surface area contributed by atoms with Gasteiger partial charge in [0.05, 0.1) is 26.4 Å². The highest BCUT2D eigenvalue weighted by Gasteiger charge is 2.20. The summed E-state index contributed by atoms with van der Waals surface area (Å²) >= 11 is 7.44. The molecule has 8 heteroatoms. The van der Waals surface area contributed by atoms with E-state index in [1.54, 1.807) is 0 Å². The fourth-order valence-electron chi connectivity index (χ4n) is 10.5. The van der Waals surface area contributed by atoms with Gasteiger partial charge in [-0.25, -0.2) is 0 Å². The van der Waals surface area contributed by atoms with Crippen molar-refractivity contribution in [2.75, 3.05) is 26.4 Å². The van der Waals surface area contributed by atoms with Gasteiger partial charge in [-0.3, -0.25) is 0 Å². The van der Waals surface area contributed by atoms with Gasteiger partial charge < -0.3 is 18.9 Å². The first-order valence-corrected chi connectivity index (χ1v) is 33.7. The topological polar surface area (TPSA) is 36.9 Å². The molecule has 4 heterocycles. The molecule has 0 fully saturated rings. The van der Waals surface area contributed by atoms with Crippen molar-refractivity contribution in [2.24, 2.45) is 0 Å². The summed E-state index contributed by atoms with van der Waals surface area (Å²) < 4.78 is 24.6. The first kappa shape index (κ1) is 58.8. The van der Waals surface area contributed by atoms with Gasteiger partial charge in [-0.15, -0.1) is 45.3 Å². The summed E-state index contributed by atoms with van der Waals surface area (Å²) in [6.07, 6.45) is 19.1. The highest BCUT2D eigenvalue weighted by molar-refractivity contribution is 7.20. The fraction of sp³-hybridized carbons (Fsp3) is 0.324. The van der Waals surface area contributed by atoms with Crippen LogP contribution in [0.2, 0.25) is 0 Å². The van der Waals surface area contributed by atoms with Crippen LogP contribution in [0, 0.1) is 0 Å². The number of ether oxygens (including phenoxy) is 4. The molecule has 0 spiro atoms. The van der Waals surface area contributed by atoms with Gasteiger partial charge in [0.25, 0.3) is 0 Å². The summed E-state index contributed by atoms with van der Waals surface area (Å²) in [7, 11) is 0. The Labute approximate surface area is 504 Å². The molecule has 0 bridgehead atoms. The minimum absolute atomic E-state index is 0.759. The molecule has 0 unspecified atom stereocenters. The molecule has 0 aliphatic rings. The smallest absolute Gasteiger partial charge is 0.119 e. The van der Waals surface area contributed by atoms with E-state index in [2.05, 4.69) is 198 Å². The first-order valence-electron chi connectivity index (χ1n) is 30.4. The maximum atomic E-state index is 6.15. The summed E-state index contributed by atoms with van der Waals surface area (Å²) in [6.45, 7) is 12.0. The Morgan fingerprint density at radius 2 is 0.439 bits per heavy atom. The van der Waals surface area contributed by atoms with E-state index in [9.17, 15) is 0 Å². The molecule has 0 amide bonds. The Kier molecular flexibility index (Phi) is 21.7. The maximum absolute atomic E-state index is 6.15. The summed E-state index contributed by atoms with van der Waals surface area (Å²) in [6, 6.07) is 63.0. The van der Waals surface area contributed by atoms with E-state index in [-0.39, 0.29) is 0 Å². The standard InChI is InChI=1S/C74H80O4S4/c1-5-9-13-17-45-75-59-29-21-53(22-30-59)67-37-41-71(79-67)63-49-57-51-65(73-43-39-69(81-73)55-25-33-61(34-26-55)77-47-19-15-11-7-3)66(74-44-40-70(82-74)56-27-35-62(36-28-56)78-48-20-16-12-8-4)52-58(57)50-64(63)72-42-38-68(80-72)54-23-31-60(32-24-54)76-46-18-14-10-6-2/h21-44,49-52H,5-20,45-48H2,1-4H3. The molecule has 0 saturated heterocycles. The van der Waals surface area contributed by atoms with Gasteiger partial charge >= 0.3 is 0 Å². The number of benzene rings is 6. The number of thiophene rings is 4. The Bertz CT molecular complexity index is 3060. The second-order valence-electron chi connectivity index (χ2n) is 21.5. The SMILES string of the molecule is CCCCCCOc1ccc(-c2ccc(-c3cc4cc(-c5ccc(-c6ccc(OCCCCCC)cc6)s5)c(-c5ccc(-c6ccc(OCCCCCC)cc6)s5)cc4cc3-c3ccc(-c4ccc(OCCCCCC)cc4)s3)s2)cc1. The van der Waals surface area contributed by atoms with Gasteiger partial charge in [-0.1, -0.05) is 105 Å². The molecule has 424 valence electrons. The van der Waals surface area contributed by atoms with Crippen LogP contribution in [0.15, 0.2) is 170 Å². The lowest BCUT2D eigenvalue weighted by molar-refractivity contribution is 0.305. The van der Waals surface area contributed by atoms with Crippen molar-refractivity contribution >= 4 is 56.1 Å². The molecule has 0 aliphatic carbocycles. The van der Waals surface area contributed by atoms with Gasteiger partial charge in [0.2, 0.25) is 0 Å². The zero-order chi connectivity index (χ0) is 56.3. The quantitative estimate of drug-likeness (QED) is 0.0394. The molecule has 0 aliphatic heterocycles. The van der Waals surface area contributed by atoms with E-state index < -0.39 is 0 Å². The fourth-order valence-corrected chi connectivity index (χ4v) is 14.6. The molecule has 0 N–H and O–H groups in total. The van der Waals surface area contributed by atoms with Crippen molar-refractivity contribution in [3.05, 3.63) is 170 Å². The third-order valence-electron chi connectivity index (χ3n) is 15.2. The molecule has 6 aromatic carbocycles. The molecule has 0 atom stereocenters. The van der Waals surface area contributed by atoms with E-state index in [1.165, 1.54) is 171 Å². The molecule has 0 radical (unpaired) electrons. The number of hydrogen-bond acceptors (Lipinski definition) is 8. The highest BCUT2D eigenvalue weighted by Crippen LogP contribution is 2.49. The average molecular weight is 1160 g/mol. The molecule has 10 rings (SSSR count).